The number of carbonyl (C=O) groups is 1. The molecule has 1 aliphatic heterocycles. The first kappa shape index (κ1) is 20.6. The average Bonchev–Trinajstić information content (AvgIpc) is 2.69. The van der Waals surface area contributed by atoms with E-state index in [2.05, 4.69) is 10.2 Å². The molecule has 0 radical (unpaired) electrons. The molecular weight excluding hydrogens is 393 g/mol. The molecule has 0 aromatic heterocycles. The van der Waals surface area contributed by atoms with Crippen molar-refractivity contribution in [3.63, 3.8) is 0 Å². The Bertz CT molecular complexity index is 789. The summed E-state index contributed by atoms with van der Waals surface area (Å²) in [7, 11) is 0. The van der Waals surface area contributed by atoms with Gasteiger partial charge in [-0.15, -0.1) is 0 Å². The van der Waals surface area contributed by atoms with E-state index in [1.807, 2.05) is 12.1 Å². The van der Waals surface area contributed by atoms with E-state index in [4.69, 9.17) is 16.3 Å². The Labute approximate surface area is 166 Å². The van der Waals surface area contributed by atoms with E-state index in [1.54, 1.807) is 12.1 Å². The summed E-state index contributed by atoms with van der Waals surface area (Å²) in [5.74, 6) is -0.416. The molecule has 1 heterocycles. The molecule has 0 saturated carbocycles. The second kappa shape index (κ2) is 8.94. The maximum atomic E-state index is 12.7. The van der Waals surface area contributed by atoms with Gasteiger partial charge in [0.2, 0.25) is 0 Å². The van der Waals surface area contributed by atoms with Crippen molar-refractivity contribution in [2.75, 3.05) is 32.8 Å². The Hall–Kier alpha value is -2.09. The number of amides is 1. The molecule has 1 fully saturated rings. The minimum absolute atomic E-state index is 0.0837. The molecule has 2 aromatic rings. The Morgan fingerprint density at radius 3 is 2.25 bits per heavy atom. The predicted octanol–water partition coefficient (Wildman–Crippen LogP) is 4.16. The summed E-state index contributed by atoms with van der Waals surface area (Å²) in [5, 5.41) is 3.46. The molecule has 1 N–H and O–H groups in total. The molecule has 1 aliphatic rings. The largest absolute Gasteiger partial charge is 0.416 e. The Balaban J connectivity index is 1.70. The minimum Gasteiger partial charge on any atom is -0.379 e. The van der Waals surface area contributed by atoms with Crippen LogP contribution in [0, 0.1) is 0 Å². The molecule has 0 bridgehead atoms. The first-order valence-electron chi connectivity index (χ1n) is 8.87. The third-order valence-electron chi connectivity index (χ3n) is 4.67. The number of ether oxygens (including phenoxy) is 1. The zero-order valence-corrected chi connectivity index (χ0v) is 15.8. The highest BCUT2D eigenvalue weighted by atomic mass is 35.5. The molecular formula is C20H20ClF3N2O2. The van der Waals surface area contributed by atoms with Crippen LogP contribution >= 0.6 is 11.6 Å². The monoisotopic (exact) mass is 412 g/mol. The first-order chi connectivity index (χ1) is 13.3. The number of benzene rings is 2. The molecule has 8 heteroatoms. The predicted molar refractivity (Wildman–Crippen MR) is 100 cm³/mol. The smallest absolute Gasteiger partial charge is 0.379 e. The van der Waals surface area contributed by atoms with E-state index in [0.717, 1.165) is 30.8 Å². The van der Waals surface area contributed by atoms with E-state index in [0.29, 0.717) is 24.8 Å². The lowest BCUT2D eigenvalue weighted by Gasteiger charge is -2.35. The van der Waals surface area contributed by atoms with Crippen molar-refractivity contribution >= 4 is 17.5 Å². The maximum Gasteiger partial charge on any atom is 0.416 e. The molecule has 4 nitrogen and oxygen atoms in total. The fourth-order valence-electron chi connectivity index (χ4n) is 3.13. The molecule has 1 atom stereocenters. The number of hydrogen-bond acceptors (Lipinski definition) is 3. The van der Waals surface area contributed by atoms with Gasteiger partial charge < -0.3 is 10.1 Å². The van der Waals surface area contributed by atoms with Crippen LogP contribution in [0.25, 0.3) is 0 Å². The van der Waals surface area contributed by atoms with Crippen LogP contribution in [0.4, 0.5) is 13.2 Å². The lowest BCUT2D eigenvalue weighted by molar-refractivity contribution is -0.137. The van der Waals surface area contributed by atoms with E-state index in [-0.39, 0.29) is 11.6 Å². The van der Waals surface area contributed by atoms with Gasteiger partial charge in [-0.05, 0) is 42.0 Å². The van der Waals surface area contributed by atoms with Crippen LogP contribution < -0.4 is 5.32 Å². The number of morpholine rings is 1. The van der Waals surface area contributed by atoms with E-state index >= 15 is 0 Å². The fourth-order valence-corrected chi connectivity index (χ4v) is 3.26. The van der Waals surface area contributed by atoms with Gasteiger partial charge in [0.15, 0.2) is 0 Å². The van der Waals surface area contributed by atoms with Crippen LogP contribution in [0.5, 0.6) is 0 Å². The molecule has 2 aromatic carbocycles. The number of alkyl halides is 3. The minimum atomic E-state index is -4.43. The number of halogens is 4. The highest BCUT2D eigenvalue weighted by molar-refractivity contribution is 6.30. The standard InChI is InChI=1S/C20H20ClF3N2O2/c21-17-7-3-14(4-8-17)18(26-9-11-28-12-10-26)13-25-19(27)15-1-5-16(6-2-15)20(22,23)24/h1-8,18H,9-13H2,(H,25,27)/t18-/m0/s1. The van der Waals surface area contributed by atoms with Gasteiger partial charge in [0.05, 0.1) is 24.8 Å². The van der Waals surface area contributed by atoms with Crippen LogP contribution in [0.1, 0.15) is 27.5 Å². The van der Waals surface area contributed by atoms with Crippen molar-refractivity contribution in [3.8, 4) is 0 Å². The summed E-state index contributed by atoms with van der Waals surface area (Å²) < 4.78 is 43.4. The summed E-state index contributed by atoms with van der Waals surface area (Å²) in [6, 6.07) is 11.5. The maximum absolute atomic E-state index is 12.7. The highest BCUT2D eigenvalue weighted by Crippen LogP contribution is 2.29. The Morgan fingerprint density at radius 2 is 1.68 bits per heavy atom. The van der Waals surface area contributed by atoms with Gasteiger partial charge >= 0.3 is 6.18 Å². The molecule has 0 unspecified atom stereocenters. The second-order valence-electron chi connectivity index (χ2n) is 6.50. The SMILES string of the molecule is O=C(NC[C@@H](c1ccc(Cl)cc1)N1CCOCC1)c1ccc(C(F)(F)F)cc1. The van der Waals surface area contributed by atoms with Crippen LogP contribution in [-0.4, -0.2) is 43.7 Å². The Morgan fingerprint density at radius 1 is 1.07 bits per heavy atom. The fraction of sp³-hybridized carbons (Fsp3) is 0.350. The highest BCUT2D eigenvalue weighted by Gasteiger charge is 2.30. The average molecular weight is 413 g/mol. The first-order valence-corrected chi connectivity index (χ1v) is 9.25. The van der Waals surface area contributed by atoms with Crippen LogP contribution in [-0.2, 0) is 10.9 Å². The summed E-state index contributed by atoms with van der Waals surface area (Å²) in [6.07, 6.45) is -4.43. The third-order valence-corrected chi connectivity index (χ3v) is 4.92. The quantitative estimate of drug-likeness (QED) is 0.801. The van der Waals surface area contributed by atoms with Gasteiger partial charge in [0, 0.05) is 30.2 Å². The van der Waals surface area contributed by atoms with E-state index < -0.39 is 17.6 Å². The number of carbonyl (C=O) groups excluding carboxylic acids is 1. The summed E-state index contributed by atoms with van der Waals surface area (Å²) in [6.45, 7) is 2.99. The van der Waals surface area contributed by atoms with Crippen molar-refractivity contribution in [1.29, 1.82) is 0 Å². The van der Waals surface area contributed by atoms with Gasteiger partial charge in [0.25, 0.3) is 5.91 Å². The van der Waals surface area contributed by atoms with Crippen molar-refractivity contribution < 1.29 is 22.7 Å². The zero-order chi connectivity index (χ0) is 20.1. The van der Waals surface area contributed by atoms with Gasteiger partial charge in [-0.3, -0.25) is 9.69 Å². The van der Waals surface area contributed by atoms with Crippen molar-refractivity contribution in [1.82, 2.24) is 10.2 Å². The van der Waals surface area contributed by atoms with E-state index in [1.165, 1.54) is 12.1 Å². The number of nitrogens with one attached hydrogen (secondary N) is 1. The lowest BCUT2D eigenvalue weighted by Crippen LogP contribution is -2.43. The van der Waals surface area contributed by atoms with Crippen molar-refractivity contribution in [2.45, 2.75) is 12.2 Å². The lowest BCUT2D eigenvalue weighted by atomic mass is 10.0. The van der Waals surface area contributed by atoms with Crippen molar-refractivity contribution in [3.05, 3.63) is 70.2 Å². The summed E-state index contributed by atoms with van der Waals surface area (Å²) >= 11 is 5.97. The number of nitrogens with zero attached hydrogens (tertiary/aromatic N) is 1. The normalized spacial score (nSPS) is 16.6. The molecule has 1 amide bonds. The van der Waals surface area contributed by atoms with Gasteiger partial charge in [-0.1, -0.05) is 23.7 Å². The van der Waals surface area contributed by atoms with Crippen molar-refractivity contribution in [2.24, 2.45) is 0 Å². The van der Waals surface area contributed by atoms with Crippen LogP contribution in [0.3, 0.4) is 0 Å². The summed E-state index contributed by atoms with van der Waals surface area (Å²) in [5.41, 5.74) is 0.403. The summed E-state index contributed by atoms with van der Waals surface area (Å²) in [4.78, 5) is 14.6. The molecule has 1 saturated heterocycles. The number of rotatable bonds is 5. The van der Waals surface area contributed by atoms with Gasteiger partial charge in [-0.25, -0.2) is 0 Å². The molecule has 28 heavy (non-hydrogen) atoms. The van der Waals surface area contributed by atoms with E-state index in [9.17, 15) is 18.0 Å². The molecule has 0 aliphatic carbocycles. The van der Waals surface area contributed by atoms with Crippen LogP contribution in [0.15, 0.2) is 48.5 Å². The molecule has 3 rings (SSSR count). The number of hydrogen-bond donors (Lipinski definition) is 1. The Kier molecular flexibility index (Phi) is 6.59. The topological polar surface area (TPSA) is 41.6 Å². The zero-order valence-electron chi connectivity index (χ0n) is 15.0. The molecule has 0 spiro atoms. The van der Waals surface area contributed by atoms with Gasteiger partial charge in [0.1, 0.15) is 0 Å². The molecule has 150 valence electrons. The third kappa shape index (κ3) is 5.25. The van der Waals surface area contributed by atoms with Crippen LogP contribution in [0.2, 0.25) is 5.02 Å². The second-order valence-corrected chi connectivity index (χ2v) is 6.94. The van der Waals surface area contributed by atoms with Gasteiger partial charge in [-0.2, -0.15) is 13.2 Å².